The van der Waals surface area contributed by atoms with Crippen molar-refractivity contribution in [3.8, 4) is 0 Å². The second-order valence-electron chi connectivity index (χ2n) is 6.80. The number of nitrogens with one attached hydrogen (secondary N) is 3. The van der Waals surface area contributed by atoms with E-state index in [1.165, 1.54) is 6.08 Å². The Kier molecular flexibility index (Phi) is 5.89. The maximum absolute atomic E-state index is 12.2. The minimum Gasteiger partial charge on any atom is -0.355 e. The van der Waals surface area contributed by atoms with Crippen LogP contribution >= 0.6 is 0 Å². The summed E-state index contributed by atoms with van der Waals surface area (Å²) < 4.78 is 0. The lowest BCUT2D eigenvalue weighted by molar-refractivity contribution is -0.111. The molecule has 0 bridgehead atoms. The van der Waals surface area contributed by atoms with Gasteiger partial charge in [-0.15, -0.1) is 0 Å². The van der Waals surface area contributed by atoms with Crippen LogP contribution in [0.15, 0.2) is 48.5 Å². The number of benzene rings is 2. The van der Waals surface area contributed by atoms with E-state index in [1.807, 2.05) is 6.92 Å². The number of aryl methyl sites for hydroxylation is 1. The Morgan fingerprint density at radius 2 is 1.64 bits per heavy atom. The number of carbonyl (C=O) groups excluding carboxylic acids is 3. The molecule has 1 aliphatic carbocycles. The van der Waals surface area contributed by atoms with E-state index >= 15 is 0 Å². The van der Waals surface area contributed by atoms with Gasteiger partial charge in [0.15, 0.2) is 0 Å². The number of hydrogen-bond donors (Lipinski definition) is 3. The third-order valence-electron chi connectivity index (χ3n) is 4.49. The molecule has 0 heterocycles. The Hall–Kier alpha value is -3.41. The van der Waals surface area contributed by atoms with Crippen molar-refractivity contribution in [3.05, 3.63) is 70.8 Å². The van der Waals surface area contributed by atoms with Gasteiger partial charge in [-0.05, 0) is 67.3 Å². The summed E-state index contributed by atoms with van der Waals surface area (Å²) in [4.78, 5) is 35.8. The molecule has 144 valence electrons. The smallest absolute Gasteiger partial charge is 0.251 e. The average Bonchev–Trinajstić information content (AvgIpc) is 3.51. The van der Waals surface area contributed by atoms with E-state index in [4.69, 9.17) is 0 Å². The maximum Gasteiger partial charge on any atom is 0.251 e. The van der Waals surface area contributed by atoms with Gasteiger partial charge in [0.1, 0.15) is 0 Å². The predicted molar refractivity (Wildman–Crippen MR) is 109 cm³/mol. The molecule has 0 saturated heterocycles. The van der Waals surface area contributed by atoms with Crippen LogP contribution in [-0.2, 0) is 4.79 Å². The van der Waals surface area contributed by atoms with Crippen molar-refractivity contribution in [2.45, 2.75) is 25.8 Å². The first-order valence-corrected chi connectivity index (χ1v) is 9.19. The van der Waals surface area contributed by atoms with Gasteiger partial charge in [0.2, 0.25) is 5.91 Å². The molecule has 28 heavy (non-hydrogen) atoms. The van der Waals surface area contributed by atoms with Gasteiger partial charge in [-0.2, -0.15) is 0 Å². The van der Waals surface area contributed by atoms with Crippen molar-refractivity contribution in [1.82, 2.24) is 10.6 Å². The van der Waals surface area contributed by atoms with Crippen LogP contribution in [0.25, 0.3) is 6.08 Å². The van der Waals surface area contributed by atoms with Gasteiger partial charge in [0.05, 0.1) is 0 Å². The van der Waals surface area contributed by atoms with E-state index < -0.39 is 0 Å². The van der Waals surface area contributed by atoms with Crippen molar-refractivity contribution in [3.63, 3.8) is 0 Å². The molecule has 0 atom stereocenters. The molecule has 6 heteroatoms. The van der Waals surface area contributed by atoms with Crippen molar-refractivity contribution < 1.29 is 14.4 Å². The third-order valence-corrected chi connectivity index (χ3v) is 4.49. The van der Waals surface area contributed by atoms with E-state index in [2.05, 4.69) is 16.0 Å². The molecule has 1 fully saturated rings. The van der Waals surface area contributed by atoms with Gasteiger partial charge in [0.25, 0.3) is 11.8 Å². The summed E-state index contributed by atoms with van der Waals surface area (Å²) in [5.74, 6) is -0.507. The number of rotatable bonds is 6. The van der Waals surface area contributed by atoms with Crippen LogP contribution < -0.4 is 16.0 Å². The summed E-state index contributed by atoms with van der Waals surface area (Å²) in [6.45, 7) is 1.83. The van der Waals surface area contributed by atoms with Crippen LogP contribution in [0.1, 0.15) is 44.7 Å². The fourth-order valence-corrected chi connectivity index (χ4v) is 2.68. The van der Waals surface area contributed by atoms with Crippen LogP contribution in [0.4, 0.5) is 5.69 Å². The zero-order chi connectivity index (χ0) is 20.1. The van der Waals surface area contributed by atoms with Gasteiger partial charge in [0, 0.05) is 36.0 Å². The lowest BCUT2D eigenvalue weighted by Crippen LogP contribution is -2.25. The van der Waals surface area contributed by atoms with E-state index in [9.17, 15) is 14.4 Å². The fourth-order valence-electron chi connectivity index (χ4n) is 2.68. The largest absolute Gasteiger partial charge is 0.355 e. The zero-order valence-electron chi connectivity index (χ0n) is 15.9. The van der Waals surface area contributed by atoms with E-state index in [0.717, 1.165) is 24.0 Å². The lowest BCUT2D eigenvalue weighted by atomic mass is 10.1. The summed E-state index contributed by atoms with van der Waals surface area (Å²) in [6.07, 6.45) is 5.23. The number of anilines is 1. The van der Waals surface area contributed by atoms with Crippen molar-refractivity contribution in [2.24, 2.45) is 0 Å². The number of amides is 3. The van der Waals surface area contributed by atoms with Gasteiger partial charge in [-0.25, -0.2) is 0 Å². The Morgan fingerprint density at radius 3 is 2.25 bits per heavy atom. The van der Waals surface area contributed by atoms with Crippen LogP contribution in [0.5, 0.6) is 0 Å². The molecule has 1 saturated carbocycles. The molecule has 3 rings (SSSR count). The molecule has 1 aliphatic rings. The van der Waals surface area contributed by atoms with Crippen LogP contribution in [-0.4, -0.2) is 30.8 Å². The first kappa shape index (κ1) is 19.4. The van der Waals surface area contributed by atoms with Crippen molar-refractivity contribution in [1.29, 1.82) is 0 Å². The predicted octanol–water partition coefficient (Wildman–Crippen LogP) is 2.90. The molecule has 0 spiro atoms. The van der Waals surface area contributed by atoms with E-state index in [1.54, 1.807) is 55.6 Å². The molecule has 2 aromatic rings. The first-order chi connectivity index (χ1) is 13.5. The zero-order valence-corrected chi connectivity index (χ0v) is 15.9. The molecule has 0 aliphatic heterocycles. The molecule has 0 unspecified atom stereocenters. The highest BCUT2D eigenvalue weighted by atomic mass is 16.2. The molecule has 6 nitrogen and oxygen atoms in total. The second kappa shape index (κ2) is 8.52. The maximum atomic E-state index is 12.2. The van der Waals surface area contributed by atoms with Gasteiger partial charge in [-0.1, -0.05) is 12.1 Å². The Labute approximate surface area is 164 Å². The van der Waals surface area contributed by atoms with Crippen LogP contribution in [0.2, 0.25) is 0 Å². The van der Waals surface area contributed by atoms with Crippen LogP contribution in [0.3, 0.4) is 0 Å². The molecule has 0 radical (unpaired) electrons. The SMILES string of the molecule is CNC(=O)c1ccc(NC(=O)/C=C/c2ccc(C(=O)NC3CC3)cc2)c(C)c1. The summed E-state index contributed by atoms with van der Waals surface area (Å²) in [6, 6.07) is 12.5. The Morgan fingerprint density at radius 1 is 0.964 bits per heavy atom. The highest BCUT2D eigenvalue weighted by molar-refractivity contribution is 6.03. The topological polar surface area (TPSA) is 87.3 Å². The Balaban J connectivity index is 1.59. The molecule has 2 aromatic carbocycles. The monoisotopic (exact) mass is 377 g/mol. The minimum absolute atomic E-state index is 0.0635. The molecular formula is C22H23N3O3. The third kappa shape index (κ3) is 5.07. The van der Waals surface area contributed by atoms with Crippen molar-refractivity contribution in [2.75, 3.05) is 12.4 Å². The fraction of sp³-hybridized carbons (Fsp3) is 0.227. The van der Waals surface area contributed by atoms with Gasteiger partial charge >= 0.3 is 0 Å². The lowest BCUT2D eigenvalue weighted by Gasteiger charge is -2.08. The van der Waals surface area contributed by atoms with Gasteiger partial charge in [-0.3, -0.25) is 14.4 Å². The first-order valence-electron chi connectivity index (χ1n) is 9.19. The van der Waals surface area contributed by atoms with Gasteiger partial charge < -0.3 is 16.0 Å². The molecule has 3 N–H and O–H groups in total. The van der Waals surface area contributed by atoms with Crippen molar-refractivity contribution >= 4 is 29.5 Å². The highest BCUT2D eigenvalue weighted by Gasteiger charge is 2.23. The summed E-state index contributed by atoms with van der Waals surface area (Å²) >= 11 is 0. The highest BCUT2D eigenvalue weighted by Crippen LogP contribution is 2.19. The molecular weight excluding hydrogens is 354 g/mol. The summed E-state index contributed by atoms with van der Waals surface area (Å²) in [7, 11) is 1.57. The second-order valence-corrected chi connectivity index (χ2v) is 6.80. The standard InChI is InChI=1S/C22H23N3O3/c1-14-13-17(21(27)23-2)8-11-19(14)25-20(26)12-5-15-3-6-16(7-4-15)22(28)24-18-9-10-18/h3-8,11-13,18H,9-10H2,1-2H3,(H,23,27)(H,24,28)(H,25,26)/b12-5+. The normalized spacial score (nSPS) is 13.2. The molecule has 0 aromatic heterocycles. The summed E-state index contributed by atoms with van der Waals surface area (Å²) in [5.41, 5.74) is 3.42. The number of hydrogen-bond acceptors (Lipinski definition) is 3. The Bertz CT molecular complexity index is 929. The summed E-state index contributed by atoms with van der Waals surface area (Å²) in [5, 5.41) is 8.31. The van der Waals surface area contributed by atoms with E-state index in [-0.39, 0.29) is 17.7 Å². The van der Waals surface area contributed by atoms with E-state index in [0.29, 0.717) is 22.9 Å². The molecule has 3 amide bonds. The average molecular weight is 377 g/mol. The quantitative estimate of drug-likeness (QED) is 0.677. The minimum atomic E-state index is -0.272. The van der Waals surface area contributed by atoms with Crippen LogP contribution in [0, 0.1) is 6.92 Å². The number of carbonyl (C=O) groups is 3.